The first-order valence-electron chi connectivity index (χ1n) is 17.9. The van der Waals surface area contributed by atoms with Gasteiger partial charge in [-0.05, 0) is 35.7 Å². The van der Waals surface area contributed by atoms with Crippen LogP contribution in [0.4, 0.5) is 4.79 Å². The number of Topliss-reactive ketones (excluding diaryl/α,β-unsaturated/α-hetero) is 1. The van der Waals surface area contributed by atoms with Crippen molar-refractivity contribution in [1.29, 1.82) is 0 Å². The molecule has 1 saturated heterocycles. The minimum absolute atomic E-state index is 0.0231. The fourth-order valence-electron chi connectivity index (χ4n) is 9.65. The smallest absolute Gasteiger partial charge is 0.455 e. The second kappa shape index (κ2) is 13.9. The maximum Gasteiger partial charge on any atom is 0.508 e. The van der Waals surface area contributed by atoms with Crippen molar-refractivity contribution >= 4 is 32.4 Å². The van der Waals surface area contributed by atoms with Gasteiger partial charge in [-0.2, -0.15) is 0 Å². The molecule has 2 N–H and O–H groups in total. The highest BCUT2D eigenvalue weighted by Gasteiger charge is 2.79. The van der Waals surface area contributed by atoms with Gasteiger partial charge in [-0.15, -0.1) is 0 Å². The number of hydrogen-bond donors (Lipinski definition) is 2. The van der Waals surface area contributed by atoms with E-state index in [-0.39, 0.29) is 47.4 Å². The molecule has 2 saturated carbocycles. The van der Waals surface area contributed by atoms with Crippen LogP contribution in [0.25, 0.3) is 0 Å². The number of aliphatic hydroxyl groups is 2. The molecule has 0 spiro atoms. The fourth-order valence-corrected chi connectivity index (χ4v) is 13.4. The van der Waals surface area contributed by atoms with Crippen LogP contribution in [0.1, 0.15) is 85.5 Å². The van der Waals surface area contributed by atoms with Crippen molar-refractivity contribution in [3.63, 3.8) is 0 Å². The van der Waals surface area contributed by atoms with Crippen LogP contribution < -0.4 is 0 Å². The van der Waals surface area contributed by atoms with Gasteiger partial charge in [0, 0.05) is 38.2 Å². The molecular formula is C38H54O13Si. The monoisotopic (exact) mass is 746 g/mol. The van der Waals surface area contributed by atoms with Crippen LogP contribution in [0, 0.1) is 22.7 Å². The van der Waals surface area contributed by atoms with Gasteiger partial charge < -0.3 is 42.7 Å². The quantitative estimate of drug-likeness (QED) is 0.196. The van der Waals surface area contributed by atoms with Crippen LogP contribution in [0.3, 0.4) is 0 Å². The van der Waals surface area contributed by atoms with E-state index in [0.29, 0.717) is 0 Å². The molecule has 5 rings (SSSR count). The molecule has 3 aliphatic carbocycles. The molecule has 1 aliphatic heterocycles. The highest BCUT2D eigenvalue weighted by molar-refractivity contribution is 6.70. The predicted molar refractivity (Wildman–Crippen MR) is 188 cm³/mol. The summed E-state index contributed by atoms with van der Waals surface area (Å²) >= 11 is 0. The van der Waals surface area contributed by atoms with Crippen LogP contribution in [0.15, 0.2) is 41.7 Å². The normalized spacial score (nSPS) is 35.4. The second-order valence-corrected chi connectivity index (χ2v) is 20.5. The minimum atomic E-state index is -3.22. The van der Waals surface area contributed by atoms with E-state index in [0.717, 1.165) is 7.11 Å². The van der Waals surface area contributed by atoms with E-state index in [9.17, 15) is 24.6 Å². The van der Waals surface area contributed by atoms with Crippen molar-refractivity contribution in [2.24, 2.45) is 22.7 Å². The Morgan fingerprint density at radius 2 is 1.63 bits per heavy atom. The maximum atomic E-state index is 15.8. The summed E-state index contributed by atoms with van der Waals surface area (Å²) in [7, 11) is -0.497. The Morgan fingerprint density at radius 3 is 2.13 bits per heavy atom. The van der Waals surface area contributed by atoms with Crippen LogP contribution in [0.5, 0.6) is 0 Å². The number of ether oxygens (including phenoxy) is 5. The first kappa shape index (κ1) is 40.1. The molecule has 1 aromatic rings. The molecule has 9 atom stereocenters. The number of hydrogen-bond acceptors (Lipinski definition) is 13. The number of rotatable bonds is 9. The first-order chi connectivity index (χ1) is 24.2. The summed E-state index contributed by atoms with van der Waals surface area (Å²) in [4.78, 5) is 56.0. The summed E-state index contributed by atoms with van der Waals surface area (Å²) in [5.74, 6) is -4.84. The van der Waals surface area contributed by atoms with Gasteiger partial charge in [0.05, 0.1) is 42.8 Å². The third kappa shape index (κ3) is 5.84. The average Bonchev–Trinajstić information content (AvgIpc) is 3.07. The summed E-state index contributed by atoms with van der Waals surface area (Å²) in [6.45, 7) is 15.5. The first-order valence-corrected chi connectivity index (χ1v) is 19.9. The molecule has 14 heteroatoms. The number of allylic oxidation sites excluding steroid dienone is 1. The summed E-state index contributed by atoms with van der Waals surface area (Å²) in [5.41, 5.74) is -7.07. The van der Waals surface area contributed by atoms with Crippen molar-refractivity contribution in [2.75, 3.05) is 20.8 Å². The highest BCUT2D eigenvalue weighted by Crippen LogP contribution is 2.65. The molecule has 1 heterocycles. The molecule has 52 heavy (non-hydrogen) atoms. The maximum absolute atomic E-state index is 15.8. The van der Waals surface area contributed by atoms with Crippen molar-refractivity contribution in [1.82, 2.24) is 0 Å². The van der Waals surface area contributed by atoms with Crippen molar-refractivity contribution in [3.8, 4) is 0 Å². The SMILES string of the molecule is COC(=O)O[C@@]12CO[C@@H]1C[C@H](O[Si](OC)(C(C)C)C(C)C)[C@@]1(C)C(=O)C(OC(C)=O)=C3C(C)[C@@H](O)C[C@@](O)([C@@H](OC(=O)c4ccccc4)C12)C3(C)C. The topological polar surface area (TPSA) is 173 Å². The molecule has 4 aliphatic rings. The van der Waals surface area contributed by atoms with Gasteiger partial charge in [-0.1, -0.05) is 66.7 Å². The van der Waals surface area contributed by atoms with Gasteiger partial charge in [0.1, 0.15) is 17.8 Å². The fraction of sp³-hybridized carbons (Fsp3) is 0.684. The Morgan fingerprint density at radius 1 is 1.02 bits per heavy atom. The standard InChI is InChI=1S/C38H54O13Si/c1-20(2)52(46-11,21(3)4)51-26-17-27-37(19-47-27,50-34(43)45-10)30-32(49-33(42)24-15-13-12-14-16-24)38(44)18-25(40)22(5)28(35(38,7)8)29(48-23(6)39)31(41)36(26,30)9/h12-16,20-22,25-27,30,32,40,44H,17-19H2,1-11H3/t22?,25-,26-,27+,30?,32-,36+,37-,38+/m0/s1. The number of methoxy groups -OCH3 is 1. The summed E-state index contributed by atoms with van der Waals surface area (Å²) < 4.78 is 43.0. The van der Waals surface area contributed by atoms with Gasteiger partial charge in [0.2, 0.25) is 5.78 Å². The molecule has 13 nitrogen and oxygen atoms in total. The molecule has 2 unspecified atom stereocenters. The van der Waals surface area contributed by atoms with Gasteiger partial charge in [-0.25, -0.2) is 9.59 Å². The van der Waals surface area contributed by atoms with E-state index in [1.807, 2.05) is 27.7 Å². The number of ketones is 1. The lowest BCUT2D eigenvalue weighted by molar-refractivity contribution is -0.342. The van der Waals surface area contributed by atoms with Crippen LogP contribution in [0.2, 0.25) is 11.1 Å². The largest absolute Gasteiger partial charge is 0.508 e. The van der Waals surface area contributed by atoms with Crippen molar-refractivity contribution < 1.29 is 61.9 Å². The zero-order valence-electron chi connectivity index (χ0n) is 32.0. The zero-order chi connectivity index (χ0) is 38.8. The van der Waals surface area contributed by atoms with E-state index in [1.54, 1.807) is 65.1 Å². The Kier molecular flexibility index (Phi) is 10.7. The number of carbonyl (C=O) groups excluding carboxylic acids is 4. The predicted octanol–water partition coefficient (Wildman–Crippen LogP) is 5.01. The molecule has 0 amide bonds. The second-order valence-electron chi connectivity index (χ2n) is 16.1. The van der Waals surface area contributed by atoms with Gasteiger partial charge in [0.15, 0.2) is 11.4 Å². The molecule has 0 aromatic heterocycles. The third-order valence-corrected chi connectivity index (χ3v) is 17.0. The zero-order valence-corrected chi connectivity index (χ0v) is 33.0. The number of aliphatic hydroxyl groups excluding tert-OH is 1. The number of fused-ring (bicyclic) bond motifs is 5. The Labute approximate surface area is 306 Å². The Hall–Kier alpha value is -3.14. The highest BCUT2D eigenvalue weighted by atomic mass is 28.4. The van der Waals surface area contributed by atoms with E-state index < -0.39 is 90.7 Å². The van der Waals surface area contributed by atoms with Gasteiger partial charge >= 0.3 is 26.7 Å². The molecule has 2 bridgehead atoms. The summed E-state index contributed by atoms with van der Waals surface area (Å²) in [6.07, 6.45) is -6.26. The van der Waals surface area contributed by atoms with Crippen molar-refractivity contribution in [3.05, 3.63) is 47.2 Å². The third-order valence-electron chi connectivity index (χ3n) is 12.5. The van der Waals surface area contributed by atoms with E-state index in [1.165, 1.54) is 6.92 Å². The number of carbonyl (C=O) groups is 4. The lowest BCUT2D eigenvalue weighted by Gasteiger charge is -2.67. The lowest BCUT2D eigenvalue weighted by atomic mass is 9.45. The summed E-state index contributed by atoms with van der Waals surface area (Å²) in [6, 6.07) is 8.17. The van der Waals surface area contributed by atoms with E-state index in [4.69, 9.17) is 32.5 Å². The van der Waals surface area contributed by atoms with E-state index in [2.05, 4.69) is 0 Å². The van der Waals surface area contributed by atoms with Crippen LogP contribution in [-0.2, 0) is 42.1 Å². The van der Waals surface area contributed by atoms with E-state index >= 15 is 4.79 Å². The van der Waals surface area contributed by atoms with Gasteiger partial charge in [-0.3, -0.25) is 9.59 Å². The molecular weight excluding hydrogens is 692 g/mol. The Bertz CT molecular complexity index is 1600. The van der Waals surface area contributed by atoms with Crippen molar-refractivity contribution in [2.45, 2.75) is 122 Å². The lowest BCUT2D eigenvalue weighted by Crippen LogP contribution is -2.81. The van der Waals surface area contributed by atoms with Gasteiger partial charge in [0.25, 0.3) is 0 Å². The summed E-state index contributed by atoms with van der Waals surface area (Å²) in [5, 5.41) is 25.0. The molecule has 3 fully saturated rings. The average molecular weight is 747 g/mol. The molecule has 288 valence electrons. The number of esters is 2. The minimum Gasteiger partial charge on any atom is -0.455 e. The Balaban J connectivity index is 1.92. The van der Waals surface area contributed by atoms with Crippen LogP contribution in [-0.4, -0.2) is 99.1 Å². The number of benzene rings is 1. The van der Waals surface area contributed by atoms with Crippen LogP contribution >= 0.6 is 0 Å². The molecule has 1 aromatic carbocycles. The molecule has 0 radical (unpaired) electrons.